The Morgan fingerprint density at radius 3 is 1.67 bits per heavy atom. The first kappa shape index (κ1) is 20.0. The summed E-state index contributed by atoms with van der Waals surface area (Å²) in [6.45, 7) is 0. The zero-order valence-corrected chi connectivity index (χ0v) is 16.8. The van der Waals surface area contributed by atoms with Crippen molar-refractivity contribution >= 4 is 46.4 Å². The molecule has 0 heterocycles. The molecule has 0 fully saturated rings. The van der Waals surface area contributed by atoms with E-state index in [1.165, 1.54) is 12.1 Å². The van der Waals surface area contributed by atoms with Crippen LogP contribution in [0.5, 0.6) is 17.2 Å². The van der Waals surface area contributed by atoms with Gasteiger partial charge in [0.1, 0.15) is 17.2 Å². The van der Waals surface area contributed by atoms with Gasteiger partial charge >= 0.3 is 0 Å². The Bertz CT molecular complexity index is 1020. The molecule has 0 bridgehead atoms. The van der Waals surface area contributed by atoms with Crippen molar-refractivity contribution in [1.82, 2.24) is 0 Å². The van der Waals surface area contributed by atoms with Crippen LogP contribution in [0.3, 0.4) is 0 Å². The lowest BCUT2D eigenvalue weighted by atomic mass is 9.97. The lowest BCUT2D eigenvalue weighted by molar-refractivity contribution is 0.457. The molecule has 3 aromatic rings. The van der Waals surface area contributed by atoms with Gasteiger partial charge in [0.2, 0.25) is 0 Å². The fraction of sp³-hybridized carbons (Fsp3) is 0.100. The largest absolute Gasteiger partial charge is 0.508 e. The Morgan fingerprint density at radius 2 is 1.04 bits per heavy atom. The SMILES string of the molecule is Oc1ccc(Cl)cc1Cc1cc(Cl)cc(Cc2cc(Cl)cc(Cl)c2O)c1O. The van der Waals surface area contributed by atoms with Crippen molar-refractivity contribution in [1.29, 1.82) is 0 Å². The molecule has 0 amide bonds. The predicted octanol–water partition coefficient (Wildman–Crippen LogP) is 6.60. The van der Waals surface area contributed by atoms with Crippen molar-refractivity contribution in [2.45, 2.75) is 12.8 Å². The van der Waals surface area contributed by atoms with Gasteiger partial charge in [-0.05, 0) is 48.0 Å². The molecule has 140 valence electrons. The van der Waals surface area contributed by atoms with Crippen molar-refractivity contribution in [2.24, 2.45) is 0 Å². The summed E-state index contributed by atoms with van der Waals surface area (Å²) in [6.07, 6.45) is 0.404. The lowest BCUT2D eigenvalue weighted by Crippen LogP contribution is -1.96. The van der Waals surface area contributed by atoms with E-state index in [4.69, 9.17) is 46.4 Å². The lowest BCUT2D eigenvalue weighted by Gasteiger charge is -2.14. The number of hydrogen-bond acceptors (Lipinski definition) is 3. The molecule has 0 unspecified atom stereocenters. The maximum atomic E-state index is 10.7. The van der Waals surface area contributed by atoms with Gasteiger partial charge in [-0.2, -0.15) is 0 Å². The van der Waals surface area contributed by atoms with E-state index < -0.39 is 0 Å². The van der Waals surface area contributed by atoms with Crippen LogP contribution in [0.4, 0.5) is 0 Å². The molecule has 0 saturated carbocycles. The van der Waals surface area contributed by atoms with Gasteiger partial charge < -0.3 is 15.3 Å². The first-order valence-corrected chi connectivity index (χ1v) is 9.40. The van der Waals surface area contributed by atoms with Crippen molar-refractivity contribution in [3.05, 3.63) is 84.8 Å². The maximum absolute atomic E-state index is 10.7. The molecule has 27 heavy (non-hydrogen) atoms. The first-order valence-electron chi connectivity index (χ1n) is 7.89. The molecular weight excluding hydrogens is 430 g/mol. The van der Waals surface area contributed by atoms with E-state index in [2.05, 4.69) is 0 Å². The summed E-state index contributed by atoms with van der Waals surface area (Å²) < 4.78 is 0. The zero-order chi connectivity index (χ0) is 19.7. The van der Waals surface area contributed by atoms with Crippen molar-refractivity contribution in [3.63, 3.8) is 0 Å². The van der Waals surface area contributed by atoms with E-state index in [-0.39, 0.29) is 35.1 Å². The smallest absolute Gasteiger partial charge is 0.137 e. The highest BCUT2D eigenvalue weighted by Crippen LogP contribution is 2.37. The van der Waals surface area contributed by atoms with E-state index in [1.807, 2.05) is 0 Å². The van der Waals surface area contributed by atoms with Gasteiger partial charge in [0.15, 0.2) is 0 Å². The summed E-state index contributed by atoms with van der Waals surface area (Å²) in [5, 5.41) is 32.3. The standard InChI is InChI=1S/C20H14Cl4O3/c21-14-1-2-18(25)10(5-14)3-11-6-15(22)7-12(19(11)26)4-13-8-16(23)9-17(24)20(13)27/h1-2,5-9,25-27H,3-4H2. The quantitative estimate of drug-likeness (QED) is 0.425. The van der Waals surface area contributed by atoms with Gasteiger partial charge in [-0.25, -0.2) is 0 Å². The fourth-order valence-corrected chi connectivity index (χ4v) is 3.84. The van der Waals surface area contributed by atoms with Crippen LogP contribution >= 0.6 is 46.4 Å². The maximum Gasteiger partial charge on any atom is 0.137 e. The molecule has 7 heteroatoms. The van der Waals surface area contributed by atoms with Gasteiger partial charge in [-0.15, -0.1) is 0 Å². The number of phenolic OH excluding ortho intramolecular Hbond substituents is 3. The minimum Gasteiger partial charge on any atom is -0.508 e. The number of benzene rings is 3. The van der Waals surface area contributed by atoms with Crippen LogP contribution < -0.4 is 0 Å². The van der Waals surface area contributed by atoms with E-state index in [9.17, 15) is 15.3 Å². The number of phenols is 3. The molecule has 0 aliphatic heterocycles. The van der Waals surface area contributed by atoms with E-state index in [1.54, 1.807) is 30.3 Å². The highest BCUT2D eigenvalue weighted by atomic mass is 35.5. The molecule has 3 rings (SSSR count). The second-order valence-electron chi connectivity index (χ2n) is 6.09. The number of aromatic hydroxyl groups is 3. The number of rotatable bonds is 4. The van der Waals surface area contributed by atoms with Gasteiger partial charge in [0.05, 0.1) is 5.02 Å². The molecule has 3 N–H and O–H groups in total. The van der Waals surface area contributed by atoms with Crippen LogP contribution in [0.15, 0.2) is 42.5 Å². The third-order valence-electron chi connectivity index (χ3n) is 4.14. The van der Waals surface area contributed by atoms with E-state index in [0.717, 1.165) is 0 Å². The van der Waals surface area contributed by atoms with Gasteiger partial charge in [0.25, 0.3) is 0 Å². The van der Waals surface area contributed by atoms with Crippen LogP contribution in [-0.2, 0) is 12.8 Å². The Morgan fingerprint density at radius 1 is 0.556 bits per heavy atom. The second kappa shape index (κ2) is 8.07. The minimum absolute atomic E-state index is 0.00859. The second-order valence-corrected chi connectivity index (χ2v) is 7.81. The molecule has 3 aromatic carbocycles. The van der Waals surface area contributed by atoms with Crippen LogP contribution in [0.2, 0.25) is 20.1 Å². The first-order chi connectivity index (χ1) is 12.7. The van der Waals surface area contributed by atoms with Gasteiger partial charge in [-0.1, -0.05) is 46.4 Å². The molecule has 0 saturated heterocycles. The Labute approximate surface area is 176 Å². The summed E-state index contributed by atoms with van der Waals surface area (Å²) >= 11 is 24.2. The Balaban J connectivity index is 2.00. The van der Waals surface area contributed by atoms with Crippen LogP contribution in [0.25, 0.3) is 0 Å². The highest BCUT2D eigenvalue weighted by molar-refractivity contribution is 6.35. The Kier molecular flexibility index (Phi) is 5.97. The number of hydrogen-bond donors (Lipinski definition) is 3. The predicted molar refractivity (Wildman–Crippen MR) is 110 cm³/mol. The topological polar surface area (TPSA) is 60.7 Å². The zero-order valence-electron chi connectivity index (χ0n) is 13.8. The van der Waals surface area contributed by atoms with Crippen molar-refractivity contribution < 1.29 is 15.3 Å². The third-order valence-corrected chi connectivity index (χ3v) is 5.10. The third kappa shape index (κ3) is 4.56. The molecule has 0 aromatic heterocycles. The molecule has 0 aliphatic rings. The van der Waals surface area contributed by atoms with Crippen molar-refractivity contribution in [2.75, 3.05) is 0 Å². The summed E-state index contributed by atoms with van der Waals surface area (Å²) in [5.74, 6) is -0.0247. The summed E-state index contributed by atoms with van der Waals surface area (Å²) in [4.78, 5) is 0. The normalized spacial score (nSPS) is 11.0. The molecule has 0 atom stereocenters. The average molecular weight is 444 g/mol. The minimum atomic E-state index is -0.102. The number of halogens is 4. The summed E-state index contributed by atoms with van der Waals surface area (Å²) in [6, 6.07) is 10.9. The van der Waals surface area contributed by atoms with E-state index >= 15 is 0 Å². The van der Waals surface area contributed by atoms with Crippen molar-refractivity contribution in [3.8, 4) is 17.2 Å². The Hall–Kier alpha value is -1.78. The summed E-state index contributed by atoms with van der Waals surface area (Å²) in [7, 11) is 0. The van der Waals surface area contributed by atoms with E-state index in [0.29, 0.717) is 37.3 Å². The molecule has 0 spiro atoms. The molecular formula is C20H14Cl4O3. The average Bonchev–Trinajstić information content (AvgIpc) is 2.59. The van der Waals surface area contributed by atoms with Crippen LogP contribution in [0, 0.1) is 0 Å². The highest BCUT2D eigenvalue weighted by Gasteiger charge is 2.16. The van der Waals surface area contributed by atoms with Crippen LogP contribution in [-0.4, -0.2) is 15.3 Å². The van der Waals surface area contributed by atoms with Crippen LogP contribution in [0.1, 0.15) is 22.3 Å². The monoisotopic (exact) mass is 442 g/mol. The fourth-order valence-electron chi connectivity index (χ4n) is 2.85. The van der Waals surface area contributed by atoms with Gasteiger partial charge in [-0.3, -0.25) is 0 Å². The molecule has 3 nitrogen and oxygen atoms in total. The van der Waals surface area contributed by atoms with Gasteiger partial charge in [0, 0.05) is 44.6 Å². The summed E-state index contributed by atoms with van der Waals surface area (Å²) in [5.41, 5.74) is 2.02. The molecule has 0 aliphatic carbocycles. The molecule has 0 radical (unpaired) electrons.